The van der Waals surface area contributed by atoms with Crippen LogP contribution >= 0.6 is 11.3 Å². The molecule has 5 rings (SSSR count). The fraction of sp³-hybridized carbons (Fsp3) is 0.579. The Hall–Kier alpha value is -2.22. The van der Waals surface area contributed by atoms with Crippen molar-refractivity contribution >= 4 is 22.2 Å². The number of nitrogens with zero attached hydrogens (tertiary/aromatic N) is 5. The highest BCUT2D eigenvalue weighted by Crippen LogP contribution is 2.42. The number of amides is 1. The highest BCUT2D eigenvalue weighted by atomic mass is 32.1. The van der Waals surface area contributed by atoms with Gasteiger partial charge in [0, 0.05) is 17.8 Å². The number of hydrogen-bond acceptors (Lipinski definition) is 5. The molecular weight excluding hydrogens is 360 g/mol. The van der Waals surface area contributed by atoms with Gasteiger partial charge in [0.25, 0.3) is 5.91 Å². The zero-order valence-corrected chi connectivity index (χ0v) is 16.3. The van der Waals surface area contributed by atoms with Crippen LogP contribution in [0.1, 0.15) is 74.1 Å². The van der Waals surface area contributed by atoms with Crippen molar-refractivity contribution in [2.75, 3.05) is 0 Å². The zero-order chi connectivity index (χ0) is 18.4. The molecule has 1 amide bonds. The Labute approximate surface area is 161 Å². The monoisotopic (exact) mass is 384 g/mol. The Morgan fingerprint density at radius 1 is 1.30 bits per heavy atom. The van der Waals surface area contributed by atoms with E-state index in [4.69, 9.17) is 0 Å². The summed E-state index contributed by atoms with van der Waals surface area (Å²) in [4.78, 5) is 18.2. The van der Waals surface area contributed by atoms with Crippen molar-refractivity contribution in [1.82, 2.24) is 29.7 Å². The van der Waals surface area contributed by atoms with Gasteiger partial charge >= 0.3 is 0 Å². The minimum Gasteiger partial charge on any atom is -0.342 e. The van der Waals surface area contributed by atoms with Gasteiger partial charge in [-0.3, -0.25) is 9.20 Å². The molecule has 1 atom stereocenters. The predicted molar refractivity (Wildman–Crippen MR) is 103 cm³/mol. The first-order chi connectivity index (χ1) is 13.1. The maximum Gasteiger partial charge on any atom is 0.272 e. The second-order valence-corrected chi connectivity index (χ2v) is 9.03. The largest absolute Gasteiger partial charge is 0.342 e. The van der Waals surface area contributed by atoms with E-state index < -0.39 is 0 Å². The van der Waals surface area contributed by atoms with E-state index in [9.17, 15) is 4.79 Å². The lowest BCUT2D eigenvalue weighted by Crippen LogP contribution is -2.35. The van der Waals surface area contributed by atoms with Gasteiger partial charge in [0.15, 0.2) is 4.96 Å². The van der Waals surface area contributed by atoms with Crippen molar-refractivity contribution in [3.05, 3.63) is 35.4 Å². The predicted octanol–water partition coefficient (Wildman–Crippen LogP) is 3.55. The van der Waals surface area contributed by atoms with Crippen molar-refractivity contribution in [2.24, 2.45) is 5.92 Å². The van der Waals surface area contributed by atoms with E-state index in [-0.39, 0.29) is 17.5 Å². The first-order valence-corrected chi connectivity index (χ1v) is 10.7. The van der Waals surface area contributed by atoms with Gasteiger partial charge in [0.05, 0.1) is 17.8 Å². The van der Waals surface area contributed by atoms with Crippen LogP contribution in [0.4, 0.5) is 0 Å². The normalized spacial score (nSPS) is 20.6. The van der Waals surface area contributed by atoms with Gasteiger partial charge in [-0.05, 0) is 38.5 Å². The molecule has 0 aliphatic heterocycles. The topological polar surface area (TPSA) is 77.1 Å². The van der Waals surface area contributed by atoms with Crippen LogP contribution in [0.3, 0.4) is 0 Å². The Morgan fingerprint density at radius 3 is 2.85 bits per heavy atom. The Balaban J connectivity index is 1.41. The smallest absolute Gasteiger partial charge is 0.272 e. The van der Waals surface area contributed by atoms with Crippen molar-refractivity contribution in [3.63, 3.8) is 0 Å². The molecule has 0 spiro atoms. The minimum atomic E-state index is -0.131. The second kappa shape index (κ2) is 6.44. The molecule has 7 nitrogen and oxygen atoms in total. The summed E-state index contributed by atoms with van der Waals surface area (Å²) in [6.45, 7) is 2.21. The van der Waals surface area contributed by atoms with E-state index in [0.29, 0.717) is 11.6 Å². The lowest BCUT2D eigenvalue weighted by atomic mass is 9.82. The van der Waals surface area contributed by atoms with Gasteiger partial charge in [-0.15, -0.1) is 16.4 Å². The number of nitrogens with one attached hydrogen (secondary N) is 1. The third-order valence-corrected chi connectivity index (χ3v) is 6.86. The maximum absolute atomic E-state index is 12.9. The number of hydrogen-bond donors (Lipinski definition) is 1. The zero-order valence-electron chi connectivity index (χ0n) is 15.5. The first-order valence-electron chi connectivity index (χ1n) is 9.78. The molecule has 27 heavy (non-hydrogen) atoms. The number of aromatic nitrogens is 5. The van der Waals surface area contributed by atoms with Crippen LogP contribution in [-0.2, 0) is 5.54 Å². The Kier molecular flexibility index (Phi) is 4.03. The number of carbonyl (C=O) groups is 1. The molecule has 0 aromatic carbocycles. The average molecular weight is 385 g/mol. The van der Waals surface area contributed by atoms with Crippen LogP contribution < -0.4 is 5.32 Å². The Bertz CT molecular complexity index is 933. The van der Waals surface area contributed by atoms with E-state index >= 15 is 0 Å². The van der Waals surface area contributed by atoms with Crippen LogP contribution in [0.2, 0.25) is 0 Å². The molecule has 1 N–H and O–H groups in total. The minimum absolute atomic E-state index is 0.103. The van der Waals surface area contributed by atoms with Crippen LogP contribution in [0.15, 0.2) is 24.0 Å². The molecule has 0 bridgehead atoms. The molecule has 3 aromatic rings. The first kappa shape index (κ1) is 16.9. The summed E-state index contributed by atoms with van der Waals surface area (Å²) in [7, 11) is 0. The average Bonchev–Trinajstić information content (AvgIpc) is 3.09. The molecular formula is C19H24N6OS. The van der Waals surface area contributed by atoms with E-state index in [0.717, 1.165) is 36.3 Å². The molecule has 2 saturated carbocycles. The second-order valence-electron chi connectivity index (χ2n) is 8.15. The molecule has 2 aliphatic carbocycles. The number of rotatable bonds is 5. The van der Waals surface area contributed by atoms with E-state index in [1.54, 1.807) is 6.20 Å². The van der Waals surface area contributed by atoms with E-state index in [1.807, 2.05) is 26.9 Å². The summed E-state index contributed by atoms with van der Waals surface area (Å²) < 4.78 is 3.87. The van der Waals surface area contributed by atoms with Gasteiger partial charge in [-0.1, -0.05) is 24.5 Å². The molecule has 0 unspecified atom stereocenters. The summed E-state index contributed by atoms with van der Waals surface area (Å²) in [5.41, 5.74) is 1.45. The van der Waals surface area contributed by atoms with Crippen molar-refractivity contribution in [3.8, 4) is 0 Å². The molecule has 0 saturated heterocycles. The Morgan fingerprint density at radius 2 is 2.11 bits per heavy atom. The van der Waals surface area contributed by atoms with E-state index in [1.165, 1.54) is 30.6 Å². The molecule has 8 heteroatoms. The van der Waals surface area contributed by atoms with Gasteiger partial charge in [-0.2, -0.15) is 0 Å². The maximum atomic E-state index is 12.9. The summed E-state index contributed by atoms with van der Waals surface area (Å²) in [6, 6.07) is -0.103. The fourth-order valence-electron chi connectivity index (χ4n) is 4.05. The van der Waals surface area contributed by atoms with Crippen LogP contribution in [0, 0.1) is 5.92 Å². The molecule has 3 aromatic heterocycles. The highest BCUT2D eigenvalue weighted by molar-refractivity contribution is 7.15. The van der Waals surface area contributed by atoms with Crippen LogP contribution in [0.5, 0.6) is 0 Å². The lowest BCUT2D eigenvalue weighted by molar-refractivity contribution is 0.0906. The summed E-state index contributed by atoms with van der Waals surface area (Å²) in [5, 5.41) is 14.0. The summed E-state index contributed by atoms with van der Waals surface area (Å²) >= 11 is 1.53. The van der Waals surface area contributed by atoms with Crippen molar-refractivity contribution in [2.45, 2.75) is 63.5 Å². The summed E-state index contributed by atoms with van der Waals surface area (Å²) in [6.07, 6.45) is 14.0. The number of carbonyl (C=O) groups excluding carboxylic acids is 1. The quantitative estimate of drug-likeness (QED) is 0.730. The number of thiazole rings is 1. The van der Waals surface area contributed by atoms with E-state index in [2.05, 4.69) is 27.5 Å². The van der Waals surface area contributed by atoms with Crippen LogP contribution in [0.25, 0.3) is 4.96 Å². The third-order valence-electron chi connectivity index (χ3n) is 6.09. The standard InChI is InChI=1S/C19H24N6OS/c1-19(7-8-19)25-12-14(22-23-25)16(13-5-3-2-4-6-13)21-17(26)15-11-24-9-10-27-18(24)20-15/h9-13,16H,2-8H2,1H3,(H,21,26)/t16-/m0/s1. The summed E-state index contributed by atoms with van der Waals surface area (Å²) in [5.74, 6) is 0.275. The molecule has 2 fully saturated rings. The molecule has 2 aliphatic rings. The van der Waals surface area contributed by atoms with Gasteiger partial charge in [0.1, 0.15) is 11.4 Å². The molecule has 142 valence electrons. The van der Waals surface area contributed by atoms with Gasteiger partial charge in [0.2, 0.25) is 0 Å². The number of fused-ring (bicyclic) bond motifs is 1. The van der Waals surface area contributed by atoms with Crippen molar-refractivity contribution < 1.29 is 4.79 Å². The molecule has 0 radical (unpaired) electrons. The van der Waals surface area contributed by atoms with Gasteiger partial charge in [-0.25, -0.2) is 9.67 Å². The lowest BCUT2D eigenvalue weighted by Gasteiger charge is -2.29. The van der Waals surface area contributed by atoms with Gasteiger partial charge < -0.3 is 5.32 Å². The SMILES string of the molecule is CC1(n2cc([C@@H](NC(=O)c3cn4ccsc4n3)C3CCCCC3)nn2)CC1. The highest BCUT2D eigenvalue weighted by Gasteiger charge is 2.41. The van der Waals surface area contributed by atoms with Crippen LogP contribution in [-0.4, -0.2) is 30.3 Å². The molecule has 3 heterocycles. The number of imidazole rings is 1. The van der Waals surface area contributed by atoms with Crippen molar-refractivity contribution in [1.29, 1.82) is 0 Å². The fourth-order valence-corrected chi connectivity index (χ4v) is 4.75. The third kappa shape index (κ3) is 3.16.